The number of rotatable bonds is 4. The molecule has 0 spiro atoms. The summed E-state index contributed by atoms with van der Waals surface area (Å²) in [4.78, 5) is -3.11. The summed E-state index contributed by atoms with van der Waals surface area (Å²) in [5.74, 6) is 0. The molecule has 2 rings (SSSR count). The Labute approximate surface area is 152 Å². The third-order valence-electron chi connectivity index (χ3n) is 2.91. The molecule has 0 heterocycles. The van der Waals surface area contributed by atoms with E-state index < -0.39 is 41.8 Å². The molecule has 0 unspecified atom stereocenters. The van der Waals surface area contributed by atoms with Crippen molar-refractivity contribution in [3.05, 3.63) is 42.5 Å². The first-order valence-corrected chi connectivity index (χ1v) is 12.8. The van der Waals surface area contributed by atoms with Crippen LogP contribution in [0.4, 0.5) is 0 Å². The molecule has 24 heavy (non-hydrogen) atoms. The van der Waals surface area contributed by atoms with Gasteiger partial charge in [-0.1, -0.05) is 36.4 Å². The largest absolute Gasteiger partial charge is 0.264 e. The summed E-state index contributed by atoms with van der Waals surface area (Å²) < 4.78 is 71.0. The Morgan fingerprint density at radius 3 is 1.50 bits per heavy atom. The van der Waals surface area contributed by atoms with Gasteiger partial charge in [-0.15, -0.1) is 0 Å². The van der Waals surface area contributed by atoms with E-state index in [0.29, 0.717) is 0 Å². The number of halogens is 3. The van der Waals surface area contributed by atoms with Gasteiger partial charge in [0, 0.05) is 37.6 Å². The van der Waals surface area contributed by atoms with E-state index in [9.17, 15) is 25.3 Å². The van der Waals surface area contributed by atoms with E-state index in [0.717, 1.165) is 12.1 Å². The molecule has 0 aliphatic rings. The van der Waals surface area contributed by atoms with E-state index in [2.05, 4.69) is 0 Å². The lowest BCUT2D eigenvalue weighted by molar-refractivity contribution is 0.589. The minimum atomic E-state index is -4.82. The van der Waals surface area contributed by atoms with Crippen LogP contribution in [0.3, 0.4) is 0 Å². The van der Waals surface area contributed by atoms with Crippen LogP contribution in [0.2, 0.25) is 0 Å². The highest BCUT2D eigenvalue weighted by Gasteiger charge is 2.34. The standard InChI is InChI=1S/C12H7Cl3O6S3/c13-22(16,17)10-7-6-9(8-4-2-1-3-5-8)11(23(14,18)19)12(10)24(15,20)21/h1-7H. The number of benzene rings is 2. The molecule has 0 saturated carbocycles. The van der Waals surface area contributed by atoms with Crippen molar-refractivity contribution in [3.8, 4) is 11.1 Å². The molecule has 6 nitrogen and oxygen atoms in total. The first kappa shape index (κ1) is 19.5. The zero-order valence-corrected chi connectivity index (χ0v) is 16.1. The van der Waals surface area contributed by atoms with Crippen molar-refractivity contribution in [1.82, 2.24) is 0 Å². The first-order chi connectivity index (χ1) is 10.8. The van der Waals surface area contributed by atoms with Crippen LogP contribution in [-0.2, 0) is 27.2 Å². The molecule has 12 heteroatoms. The van der Waals surface area contributed by atoms with E-state index in [1.165, 1.54) is 12.1 Å². The molecule has 0 amide bonds. The summed E-state index contributed by atoms with van der Waals surface area (Å²) in [5.41, 5.74) is 0.158. The van der Waals surface area contributed by atoms with Crippen molar-refractivity contribution in [3.63, 3.8) is 0 Å². The Hall–Kier alpha value is -0.840. The average Bonchev–Trinajstić information content (AvgIpc) is 2.44. The van der Waals surface area contributed by atoms with Gasteiger partial charge in [0.15, 0.2) is 0 Å². The van der Waals surface area contributed by atoms with Gasteiger partial charge in [0.25, 0.3) is 27.2 Å². The highest BCUT2D eigenvalue weighted by molar-refractivity contribution is 8.17. The van der Waals surface area contributed by atoms with Crippen LogP contribution in [0.5, 0.6) is 0 Å². The SMILES string of the molecule is O=S(=O)(Cl)c1ccc(-c2ccccc2)c(S(=O)(=O)Cl)c1S(=O)(=O)Cl. The maximum Gasteiger partial charge on any atom is 0.264 e. The summed E-state index contributed by atoms with van der Waals surface area (Å²) in [7, 11) is 1.70. The molecule has 130 valence electrons. The highest BCUT2D eigenvalue weighted by atomic mass is 35.7. The van der Waals surface area contributed by atoms with Crippen LogP contribution in [0, 0.1) is 0 Å². The van der Waals surface area contributed by atoms with Gasteiger partial charge in [-0.25, -0.2) is 25.3 Å². The summed E-state index contributed by atoms with van der Waals surface area (Å²) in [6, 6.07) is 9.70. The first-order valence-electron chi connectivity index (χ1n) is 5.90. The van der Waals surface area contributed by atoms with Crippen molar-refractivity contribution in [2.75, 3.05) is 0 Å². The fourth-order valence-corrected chi connectivity index (χ4v) is 7.31. The van der Waals surface area contributed by atoms with Crippen molar-refractivity contribution in [2.24, 2.45) is 0 Å². The lowest BCUT2D eigenvalue weighted by Crippen LogP contribution is -2.09. The fourth-order valence-electron chi connectivity index (χ4n) is 2.05. The van der Waals surface area contributed by atoms with Gasteiger partial charge in [-0.05, 0) is 11.6 Å². The summed E-state index contributed by atoms with van der Waals surface area (Å²) in [6.45, 7) is 0. The highest BCUT2D eigenvalue weighted by Crippen LogP contribution is 2.40. The Balaban J connectivity index is 3.14. The molecule has 2 aromatic rings. The number of hydrogen-bond donors (Lipinski definition) is 0. The molecule has 0 saturated heterocycles. The van der Waals surface area contributed by atoms with Crippen LogP contribution < -0.4 is 0 Å². The summed E-state index contributed by atoms with van der Waals surface area (Å²) >= 11 is 0. The van der Waals surface area contributed by atoms with E-state index in [-0.39, 0.29) is 11.1 Å². The zero-order chi connectivity index (χ0) is 18.3. The second kappa shape index (κ2) is 6.47. The molecule has 0 aliphatic heterocycles. The maximum atomic E-state index is 12.0. The van der Waals surface area contributed by atoms with Crippen LogP contribution in [-0.4, -0.2) is 25.3 Å². The van der Waals surface area contributed by atoms with Gasteiger partial charge in [0.1, 0.15) is 14.7 Å². The Morgan fingerprint density at radius 2 is 1.08 bits per heavy atom. The molecule has 0 aromatic heterocycles. The van der Waals surface area contributed by atoms with Crippen molar-refractivity contribution in [2.45, 2.75) is 14.7 Å². The monoisotopic (exact) mass is 448 g/mol. The smallest absolute Gasteiger partial charge is 0.207 e. The van der Waals surface area contributed by atoms with Crippen LogP contribution >= 0.6 is 32.0 Å². The average molecular weight is 450 g/mol. The van der Waals surface area contributed by atoms with Crippen molar-refractivity contribution in [1.29, 1.82) is 0 Å². The fraction of sp³-hybridized carbons (Fsp3) is 0. The molecular formula is C12H7Cl3O6S3. The summed E-state index contributed by atoms with van der Waals surface area (Å²) in [6.07, 6.45) is 0. The predicted molar refractivity (Wildman–Crippen MR) is 91.0 cm³/mol. The van der Waals surface area contributed by atoms with Gasteiger partial charge in [-0.2, -0.15) is 0 Å². The lowest BCUT2D eigenvalue weighted by atomic mass is 10.1. The van der Waals surface area contributed by atoms with Crippen LogP contribution in [0.15, 0.2) is 57.2 Å². The Morgan fingerprint density at radius 1 is 0.583 bits per heavy atom. The van der Waals surface area contributed by atoms with E-state index in [1.54, 1.807) is 18.2 Å². The van der Waals surface area contributed by atoms with Gasteiger partial charge in [-0.3, -0.25) is 0 Å². The second-order valence-electron chi connectivity index (χ2n) is 4.45. The molecule has 0 N–H and O–H groups in total. The molecule has 0 aliphatic carbocycles. The van der Waals surface area contributed by atoms with Crippen LogP contribution in [0.25, 0.3) is 11.1 Å². The topological polar surface area (TPSA) is 102 Å². The number of hydrogen-bond acceptors (Lipinski definition) is 6. The van der Waals surface area contributed by atoms with E-state index >= 15 is 0 Å². The van der Waals surface area contributed by atoms with Gasteiger partial charge < -0.3 is 0 Å². The Bertz CT molecular complexity index is 1110. The lowest BCUT2D eigenvalue weighted by Gasteiger charge is -2.13. The molecule has 0 bridgehead atoms. The van der Waals surface area contributed by atoms with E-state index in [1.807, 2.05) is 0 Å². The summed E-state index contributed by atoms with van der Waals surface area (Å²) in [5, 5.41) is 0. The minimum absolute atomic E-state index is 0.131. The maximum absolute atomic E-state index is 12.0. The third kappa shape index (κ3) is 4.04. The van der Waals surface area contributed by atoms with Gasteiger partial charge in [0.2, 0.25) is 0 Å². The van der Waals surface area contributed by atoms with Gasteiger partial charge >= 0.3 is 0 Å². The molecule has 0 fully saturated rings. The Kier molecular flexibility index (Phi) is 5.25. The third-order valence-corrected chi connectivity index (χ3v) is 7.28. The predicted octanol–water partition coefficient (Wildman–Crippen LogP) is 3.14. The molecule has 0 radical (unpaired) electrons. The zero-order valence-electron chi connectivity index (χ0n) is 11.3. The normalized spacial score (nSPS) is 13.0. The van der Waals surface area contributed by atoms with E-state index in [4.69, 9.17) is 32.0 Å². The molecular weight excluding hydrogens is 443 g/mol. The quantitative estimate of drug-likeness (QED) is 0.664. The minimum Gasteiger partial charge on any atom is -0.207 e. The van der Waals surface area contributed by atoms with Gasteiger partial charge in [0.05, 0.1) is 0 Å². The van der Waals surface area contributed by atoms with Crippen molar-refractivity contribution >= 4 is 59.2 Å². The second-order valence-corrected chi connectivity index (χ2v) is 12.0. The van der Waals surface area contributed by atoms with Crippen molar-refractivity contribution < 1.29 is 25.3 Å². The molecule has 2 aromatic carbocycles. The van der Waals surface area contributed by atoms with Crippen LogP contribution in [0.1, 0.15) is 0 Å². The molecule has 0 atom stereocenters.